The molecule has 21 heavy (non-hydrogen) atoms. The molecular weight excluding hydrogens is 264 g/mol. The molecule has 0 heterocycles. The molecule has 3 aliphatic rings. The van der Waals surface area contributed by atoms with E-state index in [2.05, 4.69) is 6.92 Å². The first-order valence-corrected chi connectivity index (χ1v) is 8.04. The maximum absolute atomic E-state index is 12.3. The van der Waals surface area contributed by atoms with Crippen molar-refractivity contribution < 1.29 is 15.0 Å². The molecule has 3 aliphatic carbocycles. The van der Waals surface area contributed by atoms with Crippen molar-refractivity contribution in [3.63, 3.8) is 0 Å². The first-order valence-electron chi connectivity index (χ1n) is 8.04. The van der Waals surface area contributed by atoms with E-state index in [0.717, 1.165) is 24.8 Å². The summed E-state index contributed by atoms with van der Waals surface area (Å²) in [6.07, 6.45) is 3.73. The van der Waals surface area contributed by atoms with Crippen LogP contribution in [-0.4, -0.2) is 22.1 Å². The molecule has 3 heteroatoms. The van der Waals surface area contributed by atoms with Crippen LogP contribution < -0.4 is 0 Å². The number of Topliss-reactive ketones (excluding diaryl/α,β-unsaturated/α-hetero) is 1. The van der Waals surface area contributed by atoms with Crippen LogP contribution in [0.2, 0.25) is 0 Å². The van der Waals surface area contributed by atoms with Gasteiger partial charge in [-0.2, -0.15) is 0 Å². The van der Waals surface area contributed by atoms with Crippen molar-refractivity contribution in [2.45, 2.75) is 51.0 Å². The molecule has 0 aliphatic heterocycles. The van der Waals surface area contributed by atoms with Crippen molar-refractivity contribution in [3.8, 4) is 5.75 Å². The van der Waals surface area contributed by atoms with Gasteiger partial charge in [-0.1, -0.05) is 13.0 Å². The molecule has 2 saturated carbocycles. The van der Waals surface area contributed by atoms with E-state index in [-0.39, 0.29) is 23.2 Å². The van der Waals surface area contributed by atoms with Crippen LogP contribution in [-0.2, 0) is 11.2 Å². The van der Waals surface area contributed by atoms with E-state index < -0.39 is 0 Å². The van der Waals surface area contributed by atoms with E-state index in [1.54, 1.807) is 12.1 Å². The van der Waals surface area contributed by atoms with E-state index in [0.29, 0.717) is 30.5 Å². The van der Waals surface area contributed by atoms with Crippen LogP contribution in [0.1, 0.15) is 49.7 Å². The molecule has 0 bridgehead atoms. The SMILES string of the molecule is C[C@]12CC[C@@H]3c4ccc(O)cc4CC(O)[C@H]3[C@@H]1CCC2=O. The van der Waals surface area contributed by atoms with Crippen molar-refractivity contribution >= 4 is 5.78 Å². The lowest BCUT2D eigenvalue weighted by Gasteiger charge is -2.50. The van der Waals surface area contributed by atoms with Gasteiger partial charge in [0.1, 0.15) is 11.5 Å². The number of phenols is 1. The predicted octanol–water partition coefficient (Wildman–Crippen LogP) is 2.79. The second kappa shape index (κ2) is 4.33. The third-order valence-electron chi connectivity index (χ3n) is 6.44. The molecule has 0 saturated heterocycles. The average molecular weight is 286 g/mol. The first-order chi connectivity index (χ1) is 10.0. The van der Waals surface area contributed by atoms with Crippen LogP contribution in [0.4, 0.5) is 0 Å². The minimum atomic E-state index is -0.389. The maximum Gasteiger partial charge on any atom is 0.139 e. The Kier molecular flexibility index (Phi) is 2.74. The number of aliphatic hydroxyl groups is 1. The molecule has 5 atom stereocenters. The number of rotatable bonds is 0. The number of ketones is 1. The van der Waals surface area contributed by atoms with Gasteiger partial charge in [-0.05, 0) is 66.7 Å². The van der Waals surface area contributed by atoms with Gasteiger partial charge >= 0.3 is 0 Å². The number of carbonyl (C=O) groups excluding carboxylic acids is 1. The normalized spacial score (nSPS) is 41.3. The second-order valence-corrected chi connectivity index (χ2v) is 7.36. The quantitative estimate of drug-likeness (QED) is 0.771. The van der Waals surface area contributed by atoms with E-state index in [1.165, 1.54) is 5.56 Å². The fourth-order valence-electron chi connectivity index (χ4n) is 5.36. The van der Waals surface area contributed by atoms with Crippen LogP contribution in [0.3, 0.4) is 0 Å². The van der Waals surface area contributed by atoms with Gasteiger partial charge in [0, 0.05) is 11.8 Å². The van der Waals surface area contributed by atoms with E-state index in [9.17, 15) is 15.0 Å². The van der Waals surface area contributed by atoms with Gasteiger partial charge in [-0.3, -0.25) is 4.79 Å². The molecule has 2 fully saturated rings. The van der Waals surface area contributed by atoms with Crippen molar-refractivity contribution in [2.24, 2.45) is 17.3 Å². The number of benzene rings is 1. The van der Waals surface area contributed by atoms with E-state index >= 15 is 0 Å². The molecule has 1 aromatic rings. The monoisotopic (exact) mass is 286 g/mol. The standard InChI is InChI=1S/C18H22O3/c1-18-7-6-13-12-3-2-11(19)8-10(12)9-15(20)17(13)14(18)4-5-16(18)21/h2-3,8,13-15,17,19-20H,4-7,9H2,1H3/t13-,14+,15?,17-,18+/m1/s1. The fraction of sp³-hybridized carbons (Fsp3) is 0.611. The zero-order valence-electron chi connectivity index (χ0n) is 12.4. The highest BCUT2D eigenvalue weighted by atomic mass is 16.3. The van der Waals surface area contributed by atoms with Crippen molar-refractivity contribution in [1.29, 1.82) is 0 Å². The highest BCUT2D eigenvalue weighted by Gasteiger charge is 2.56. The Bertz CT molecular complexity index is 608. The minimum Gasteiger partial charge on any atom is -0.508 e. The zero-order chi connectivity index (χ0) is 14.8. The molecular formula is C18H22O3. The van der Waals surface area contributed by atoms with Crippen LogP contribution in [0.5, 0.6) is 5.75 Å². The Hall–Kier alpha value is -1.35. The Balaban J connectivity index is 1.77. The molecule has 3 nitrogen and oxygen atoms in total. The summed E-state index contributed by atoms with van der Waals surface area (Å²) in [5.74, 6) is 1.53. The minimum absolute atomic E-state index is 0.201. The summed E-state index contributed by atoms with van der Waals surface area (Å²) in [4.78, 5) is 12.3. The van der Waals surface area contributed by atoms with Crippen LogP contribution in [0, 0.1) is 17.3 Å². The highest BCUT2D eigenvalue weighted by molar-refractivity contribution is 5.87. The Morgan fingerprint density at radius 3 is 2.90 bits per heavy atom. The molecule has 2 N–H and O–H groups in total. The molecule has 1 unspecified atom stereocenters. The molecule has 1 aromatic carbocycles. The van der Waals surface area contributed by atoms with Gasteiger partial charge in [0.15, 0.2) is 0 Å². The third-order valence-corrected chi connectivity index (χ3v) is 6.44. The maximum atomic E-state index is 12.3. The lowest BCUT2D eigenvalue weighted by atomic mass is 9.55. The summed E-state index contributed by atoms with van der Waals surface area (Å²) in [7, 11) is 0. The smallest absolute Gasteiger partial charge is 0.139 e. The summed E-state index contributed by atoms with van der Waals surface area (Å²) in [5, 5.41) is 20.4. The topological polar surface area (TPSA) is 57.5 Å². The molecule has 112 valence electrons. The number of carbonyl (C=O) groups is 1. The molecule has 0 amide bonds. The molecule has 0 spiro atoms. The Morgan fingerprint density at radius 2 is 2.10 bits per heavy atom. The molecule has 4 rings (SSSR count). The average Bonchev–Trinajstić information content (AvgIpc) is 2.74. The summed E-state index contributed by atoms with van der Waals surface area (Å²) in [6.45, 7) is 2.11. The summed E-state index contributed by atoms with van der Waals surface area (Å²) < 4.78 is 0. The van der Waals surface area contributed by atoms with Crippen LogP contribution in [0.25, 0.3) is 0 Å². The number of phenolic OH excluding ortho intramolecular Hbond substituents is 1. The number of hydrogen-bond acceptors (Lipinski definition) is 3. The Morgan fingerprint density at radius 1 is 1.29 bits per heavy atom. The summed E-state index contributed by atoms with van der Waals surface area (Å²) in [5.41, 5.74) is 2.15. The fourth-order valence-corrected chi connectivity index (χ4v) is 5.36. The molecule has 0 radical (unpaired) electrons. The van der Waals surface area contributed by atoms with Gasteiger partial charge < -0.3 is 10.2 Å². The lowest BCUT2D eigenvalue weighted by Crippen LogP contribution is -2.48. The number of hydrogen-bond donors (Lipinski definition) is 2. The van der Waals surface area contributed by atoms with E-state index in [1.807, 2.05) is 6.07 Å². The zero-order valence-corrected chi connectivity index (χ0v) is 12.4. The lowest BCUT2D eigenvalue weighted by molar-refractivity contribution is -0.131. The van der Waals surface area contributed by atoms with Crippen LogP contribution in [0.15, 0.2) is 18.2 Å². The highest BCUT2D eigenvalue weighted by Crippen LogP contribution is 2.59. The number of aliphatic hydroxyl groups excluding tert-OH is 1. The van der Waals surface area contributed by atoms with Gasteiger partial charge in [0.05, 0.1) is 6.10 Å². The number of fused-ring (bicyclic) bond motifs is 5. The van der Waals surface area contributed by atoms with Crippen molar-refractivity contribution in [1.82, 2.24) is 0 Å². The largest absolute Gasteiger partial charge is 0.508 e. The summed E-state index contributed by atoms with van der Waals surface area (Å²) >= 11 is 0. The van der Waals surface area contributed by atoms with Gasteiger partial charge in [-0.15, -0.1) is 0 Å². The first kappa shape index (κ1) is 13.3. The predicted molar refractivity (Wildman–Crippen MR) is 79.1 cm³/mol. The van der Waals surface area contributed by atoms with Crippen molar-refractivity contribution in [3.05, 3.63) is 29.3 Å². The summed E-state index contributed by atoms with van der Waals surface area (Å²) in [6, 6.07) is 5.57. The second-order valence-electron chi connectivity index (χ2n) is 7.36. The van der Waals surface area contributed by atoms with Crippen molar-refractivity contribution in [2.75, 3.05) is 0 Å². The molecule has 0 aromatic heterocycles. The van der Waals surface area contributed by atoms with Gasteiger partial charge in [-0.25, -0.2) is 0 Å². The van der Waals surface area contributed by atoms with Gasteiger partial charge in [0.25, 0.3) is 0 Å². The third kappa shape index (κ3) is 1.73. The van der Waals surface area contributed by atoms with Gasteiger partial charge in [0.2, 0.25) is 0 Å². The van der Waals surface area contributed by atoms with Crippen LogP contribution >= 0.6 is 0 Å². The number of aromatic hydroxyl groups is 1. The Labute approximate surface area is 125 Å². The van der Waals surface area contributed by atoms with E-state index in [4.69, 9.17) is 0 Å².